The summed E-state index contributed by atoms with van der Waals surface area (Å²) in [5.41, 5.74) is -1.10. The van der Waals surface area contributed by atoms with E-state index in [1.807, 2.05) is 37.2 Å². The quantitative estimate of drug-likeness (QED) is 0.541. The van der Waals surface area contributed by atoms with Crippen LogP contribution in [0.4, 0.5) is 4.39 Å². The molecule has 3 fully saturated rings. The molecule has 3 aliphatic carbocycles. The Kier molecular flexibility index (Phi) is 4.76. The molecule has 196 valence electrons. The topological polar surface area (TPSA) is 85.8 Å². The Labute approximate surface area is 215 Å². The van der Waals surface area contributed by atoms with Crippen LogP contribution < -0.4 is 5.56 Å². The van der Waals surface area contributed by atoms with Crippen molar-refractivity contribution in [2.45, 2.75) is 80.6 Å². The number of aliphatic hydroxyl groups excluding tert-OH is 2. The molecule has 8 unspecified atom stereocenters. The molecule has 2 bridgehead atoms. The highest BCUT2D eigenvalue weighted by Crippen LogP contribution is 2.71. The summed E-state index contributed by atoms with van der Waals surface area (Å²) in [6.45, 7) is 2.24. The van der Waals surface area contributed by atoms with Gasteiger partial charge in [-0.3, -0.25) is 4.79 Å². The van der Waals surface area contributed by atoms with Gasteiger partial charge in [-0.15, -0.1) is 0 Å². The van der Waals surface area contributed by atoms with Crippen molar-refractivity contribution in [2.75, 3.05) is 14.1 Å². The van der Waals surface area contributed by atoms with Crippen LogP contribution in [-0.4, -0.2) is 69.3 Å². The van der Waals surface area contributed by atoms with Crippen LogP contribution in [-0.2, 0) is 4.74 Å². The minimum absolute atomic E-state index is 0.0579. The summed E-state index contributed by atoms with van der Waals surface area (Å²) >= 11 is 0. The second-order valence-corrected chi connectivity index (χ2v) is 12.6. The lowest BCUT2D eigenvalue weighted by Crippen LogP contribution is -2.68. The number of ether oxygens (including phenoxy) is 1. The minimum atomic E-state index is -1.69. The van der Waals surface area contributed by atoms with Gasteiger partial charge >= 0.3 is 0 Å². The lowest BCUT2D eigenvalue weighted by Gasteiger charge is -2.60. The molecule has 2 aromatic rings. The fourth-order valence-electron chi connectivity index (χ4n) is 8.78. The number of hydrogen-bond donors (Lipinski definition) is 3. The van der Waals surface area contributed by atoms with Gasteiger partial charge in [0, 0.05) is 23.5 Å². The van der Waals surface area contributed by atoms with Gasteiger partial charge in [0.25, 0.3) is 5.56 Å². The largest absolute Gasteiger partial charge is 0.388 e. The molecule has 3 N–H and O–H groups in total. The number of rotatable bonds is 2. The summed E-state index contributed by atoms with van der Waals surface area (Å²) in [4.78, 5) is 17.2. The molecule has 1 aromatic heterocycles. The van der Waals surface area contributed by atoms with Gasteiger partial charge in [0.1, 0.15) is 11.7 Å². The summed E-state index contributed by atoms with van der Waals surface area (Å²) in [5, 5.41) is 23.5. The lowest BCUT2D eigenvalue weighted by molar-refractivity contribution is -0.239. The molecule has 2 saturated carbocycles. The number of halogens is 1. The Morgan fingerprint density at radius 3 is 2.73 bits per heavy atom. The molecule has 0 amide bonds. The first-order valence-electron chi connectivity index (χ1n) is 13.5. The highest BCUT2D eigenvalue weighted by molar-refractivity contribution is 5.87. The average Bonchev–Trinajstić information content (AvgIpc) is 3.40. The Balaban J connectivity index is 1.31. The van der Waals surface area contributed by atoms with Crippen molar-refractivity contribution in [3.63, 3.8) is 0 Å². The third-order valence-electron chi connectivity index (χ3n) is 10.7. The Morgan fingerprint density at radius 1 is 1.14 bits per heavy atom. The normalized spacial score (nSPS) is 44.3. The number of hydrogen-bond acceptors (Lipinski definition) is 5. The number of fused-ring (bicyclic) bond motifs is 2. The van der Waals surface area contributed by atoms with Crippen molar-refractivity contribution in [1.29, 1.82) is 0 Å². The van der Waals surface area contributed by atoms with Crippen molar-refractivity contribution >= 4 is 16.3 Å². The number of nitrogens with zero attached hydrogens (tertiary/aromatic N) is 1. The van der Waals surface area contributed by atoms with E-state index in [9.17, 15) is 15.0 Å². The number of nitrogens with one attached hydrogen (secondary N) is 1. The number of allylic oxidation sites excluding steroid dienone is 2. The predicted octanol–water partition coefficient (Wildman–Crippen LogP) is 3.72. The Hall–Kier alpha value is -2.32. The van der Waals surface area contributed by atoms with Crippen molar-refractivity contribution in [1.82, 2.24) is 9.88 Å². The second kappa shape index (κ2) is 7.41. The number of likely N-dealkylation sites (N-methyl/N-ethyl adjacent to an activating group) is 1. The number of pyridine rings is 1. The van der Waals surface area contributed by atoms with Gasteiger partial charge in [0.2, 0.25) is 0 Å². The maximum atomic E-state index is 17.1. The van der Waals surface area contributed by atoms with E-state index in [2.05, 4.69) is 24.1 Å². The number of alkyl halides is 1. The summed E-state index contributed by atoms with van der Waals surface area (Å²) in [5.74, 6) is -0.0579. The number of benzene rings is 1. The van der Waals surface area contributed by atoms with Gasteiger partial charge in [-0.25, -0.2) is 4.39 Å². The number of aliphatic hydroxyl groups is 2. The van der Waals surface area contributed by atoms with E-state index in [0.717, 1.165) is 10.9 Å². The van der Waals surface area contributed by atoms with Gasteiger partial charge < -0.3 is 24.8 Å². The Bertz CT molecular complexity index is 1430. The molecule has 6 nitrogen and oxygen atoms in total. The molecule has 1 saturated heterocycles. The summed E-state index contributed by atoms with van der Waals surface area (Å²) in [6, 6.07) is 7.67. The van der Waals surface area contributed by atoms with Crippen LogP contribution in [0, 0.1) is 11.3 Å². The predicted molar refractivity (Wildman–Crippen MR) is 140 cm³/mol. The van der Waals surface area contributed by atoms with Crippen LogP contribution in [0.3, 0.4) is 0 Å². The highest BCUT2D eigenvalue weighted by Gasteiger charge is 2.74. The molecule has 37 heavy (non-hydrogen) atoms. The first-order chi connectivity index (χ1) is 17.5. The van der Waals surface area contributed by atoms with Gasteiger partial charge in [-0.1, -0.05) is 25.1 Å². The van der Waals surface area contributed by atoms with Crippen molar-refractivity contribution in [3.8, 4) is 0 Å². The van der Waals surface area contributed by atoms with Gasteiger partial charge in [0.15, 0.2) is 5.67 Å². The van der Waals surface area contributed by atoms with Gasteiger partial charge in [-0.05, 0) is 98.3 Å². The van der Waals surface area contributed by atoms with Crippen LogP contribution >= 0.6 is 0 Å². The zero-order valence-corrected chi connectivity index (χ0v) is 21.6. The summed E-state index contributed by atoms with van der Waals surface area (Å²) < 4.78 is 24.2. The second-order valence-electron chi connectivity index (χ2n) is 12.6. The van der Waals surface area contributed by atoms with E-state index in [-0.39, 0.29) is 22.9 Å². The molecule has 7 rings (SSSR count). The molecule has 2 aliphatic heterocycles. The fourth-order valence-corrected chi connectivity index (χ4v) is 8.78. The van der Waals surface area contributed by atoms with E-state index in [4.69, 9.17) is 4.74 Å². The van der Waals surface area contributed by atoms with Gasteiger partial charge in [0.05, 0.1) is 11.7 Å². The molecule has 8 atom stereocenters. The summed E-state index contributed by atoms with van der Waals surface area (Å²) in [7, 11) is 3.80. The fraction of sp³-hybridized carbons (Fsp3) is 0.567. The van der Waals surface area contributed by atoms with Crippen LogP contribution in [0.25, 0.3) is 16.3 Å². The SMILES string of the molecule is CN(C)C1CC23CCC4(O2)C2CC=C(c5ccc6cc[nH]c(=O)c6c5)C2(C)CCC4(F)C=C3C(O)C1O. The van der Waals surface area contributed by atoms with Crippen LogP contribution in [0.5, 0.6) is 0 Å². The van der Waals surface area contributed by atoms with Crippen molar-refractivity contribution in [3.05, 3.63) is 64.1 Å². The molecule has 2 spiro atoms. The van der Waals surface area contributed by atoms with Crippen molar-refractivity contribution < 1.29 is 19.3 Å². The van der Waals surface area contributed by atoms with Gasteiger partial charge in [-0.2, -0.15) is 0 Å². The van der Waals surface area contributed by atoms with Crippen LogP contribution in [0.15, 0.2) is 53.0 Å². The zero-order valence-electron chi connectivity index (χ0n) is 21.6. The molecule has 0 radical (unpaired) electrons. The monoisotopic (exact) mass is 506 g/mol. The molecule has 3 heterocycles. The van der Waals surface area contributed by atoms with E-state index in [0.29, 0.717) is 49.5 Å². The third kappa shape index (κ3) is 2.86. The zero-order chi connectivity index (χ0) is 26.0. The molecule has 7 heteroatoms. The van der Waals surface area contributed by atoms with Crippen molar-refractivity contribution in [2.24, 2.45) is 11.3 Å². The first kappa shape index (κ1) is 23.8. The Morgan fingerprint density at radius 2 is 1.95 bits per heavy atom. The van der Waals surface area contributed by atoms with E-state index in [1.165, 1.54) is 5.57 Å². The molecule has 1 aromatic carbocycles. The molecular formula is C30H35FN2O4. The maximum Gasteiger partial charge on any atom is 0.255 e. The van der Waals surface area contributed by atoms with Crippen LogP contribution in [0.1, 0.15) is 51.0 Å². The standard InChI is InChI=1S/C30H35FN2O4/c1-27-9-11-29(31)15-21-24(34)25(35)22(33(2)3)16-28(21)10-12-30(29,37-28)23(27)7-6-20(27)18-5-4-17-8-13-32-26(36)19(17)14-18/h4-6,8,13-15,22-25,34-35H,7,9-12,16H2,1-3H3,(H,32,36). The number of aromatic nitrogens is 1. The van der Waals surface area contributed by atoms with E-state index >= 15 is 4.39 Å². The number of H-pyrrole nitrogens is 1. The molecule has 5 aliphatic rings. The van der Waals surface area contributed by atoms with Crippen LogP contribution in [0.2, 0.25) is 0 Å². The molecular weight excluding hydrogens is 471 g/mol. The number of aromatic amines is 1. The van der Waals surface area contributed by atoms with E-state index < -0.39 is 29.1 Å². The summed E-state index contributed by atoms with van der Waals surface area (Å²) in [6.07, 6.45) is 6.88. The lowest BCUT2D eigenvalue weighted by atomic mass is 9.53. The average molecular weight is 507 g/mol. The minimum Gasteiger partial charge on any atom is -0.388 e. The smallest absolute Gasteiger partial charge is 0.255 e. The third-order valence-corrected chi connectivity index (χ3v) is 10.7. The highest BCUT2D eigenvalue weighted by atomic mass is 19.1. The first-order valence-corrected chi connectivity index (χ1v) is 13.5. The van der Waals surface area contributed by atoms with E-state index in [1.54, 1.807) is 12.3 Å². The maximum absolute atomic E-state index is 17.1.